The molecule has 0 fully saturated rings. The largest absolute Gasteiger partial charge is 0.494 e. The number of amides is 2. The van der Waals surface area contributed by atoms with E-state index in [-0.39, 0.29) is 23.4 Å². The zero-order valence-corrected chi connectivity index (χ0v) is 28.9. The van der Waals surface area contributed by atoms with Crippen molar-refractivity contribution in [2.24, 2.45) is 5.92 Å². The second-order valence-electron chi connectivity index (χ2n) is 13.4. The van der Waals surface area contributed by atoms with Gasteiger partial charge in [-0.15, -0.1) is 0 Å². The van der Waals surface area contributed by atoms with Gasteiger partial charge < -0.3 is 15.0 Å². The molecule has 0 radical (unpaired) electrons. The van der Waals surface area contributed by atoms with E-state index in [2.05, 4.69) is 92.1 Å². The van der Waals surface area contributed by atoms with Gasteiger partial charge in [0, 0.05) is 36.2 Å². The number of carbonyl (C=O) groups is 1. The molecule has 2 amide bonds. The number of ether oxygens (including phenoxy) is 1. The van der Waals surface area contributed by atoms with Crippen molar-refractivity contribution in [3.05, 3.63) is 112 Å². The summed E-state index contributed by atoms with van der Waals surface area (Å²) in [6, 6.07) is 21.7. The van der Waals surface area contributed by atoms with Crippen LogP contribution in [0.4, 0.5) is 16.2 Å². The Labute approximate surface area is 283 Å². The molecule has 2 aromatic carbocycles. The maximum Gasteiger partial charge on any atom is 0.326 e. The van der Waals surface area contributed by atoms with Gasteiger partial charge in [0.05, 0.1) is 6.61 Å². The Morgan fingerprint density at radius 3 is 2.33 bits per heavy atom. The zero-order valence-electron chi connectivity index (χ0n) is 28.9. The molecule has 0 unspecified atom stereocenters. The molecule has 250 valence electrons. The number of nitrogens with zero attached hydrogens (tertiary/aromatic N) is 3. The number of anilines is 2. The van der Waals surface area contributed by atoms with Crippen LogP contribution in [0.25, 0.3) is 22.2 Å². The predicted molar refractivity (Wildman–Crippen MR) is 196 cm³/mol. The number of nitrogens with one attached hydrogen (secondary N) is 2. The van der Waals surface area contributed by atoms with Crippen molar-refractivity contribution in [2.45, 2.75) is 72.6 Å². The molecule has 2 N–H and O–H groups in total. The topological polar surface area (TPSA) is 100 Å². The molecular weight excluding hydrogens is 598 g/mol. The van der Waals surface area contributed by atoms with Crippen LogP contribution in [0.5, 0.6) is 5.75 Å². The van der Waals surface area contributed by atoms with E-state index in [4.69, 9.17) is 4.74 Å². The van der Waals surface area contributed by atoms with Crippen molar-refractivity contribution in [2.75, 3.05) is 23.4 Å². The Morgan fingerprint density at radius 1 is 0.896 bits per heavy atom. The first-order valence-corrected chi connectivity index (χ1v) is 17.0. The minimum absolute atomic E-state index is 0.129. The number of aryl methyl sites for hydroxylation is 1. The number of carbonyl (C=O) groups excluding carboxylic acids is 1. The Morgan fingerprint density at radius 2 is 1.65 bits per heavy atom. The van der Waals surface area contributed by atoms with Crippen LogP contribution in [0.15, 0.2) is 90.1 Å². The average molecular weight is 646 g/mol. The van der Waals surface area contributed by atoms with E-state index in [1.165, 1.54) is 5.56 Å². The first kappa shape index (κ1) is 34.4. The van der Waals surface area contributed by atoms with E-state index in [1.807, 2.05) is 36.5 Å². The summed E-state index contributed by atoms with van der Waals surface area (Å²) in [7, 11) is 0. The molecule has 0 saturated carbocycles. The molecule has 3 aromatic heterocycles. The van der Waals surface area contributed by atoms with Crippen molar-refractivity contribution >= 4 is 28.4 Å². The van der Waals surface area contributed by atoms with Gasteiger partial charge in [-0.25, -0.2) is 9.78 Å². The quantitative estimate of drug-likeness (QED) is 0.124. The van der Waals surface area contributed by atoms with E-state index >= 15 is 0 Å². The number of rotatable bonds is 13. The Bertz CT molecular complexity index is 1870. The minimum atomic E-state index is -0.345. The van der Waals surface area contributed by atoms with Crippen molar-refractivity contribution in [3.8, 4) is 16.9 Å². The standard InChI is InChI=1S/C40H47N5O3/c1-26(2)16-19-45(36-24-31-14-9-18-42-38(31)44-39(36)46)40(47)43-37-34(27(3)4)22-32(23-35(37)28(5)6)30-13-7-15-33(21-30)48-20-10-12-29-11-8-17-41-25-29/h7-9,11,13-15,17-18,21-28H,10,12,16,19-20H2,1-6H3,(H,43,47)(H,42,44,46). The number of pyridine rings is 3. The van der Waals surface area contributed by atoms with Crippen molar-refractivity contribution in [1.82, 2.24) is 15.0 Å². The van der Waals surface area contributed by atoms with Gasteiger partial charge in [0.15, 0.2) is 0 Å². The summed E-state index contributed by atoms with van der Waals surface area (Å²) in [5.41, 5.74) is 6.64. The molecule has 0 aliphatic heterocycles. The first-order chi connectivity index (χ1) is 23.1. The van der Waals surface area contributed by atoms with E-state index in [1.54, 1.807) is 23.4 Å². The highest BCUT2D eigenvalue weighted by atomic mass is 16.5. The van der Waals surface area contributed by atoms with Gasteiger partial charge in [-0.2, -0.15) is 0 Å². The third-order valence-corrected chi connectivity index (χ3v) is 8.51. The number of benzene rings is 2. The Balaban J connectivity index is 1.44. The summed E-state index contributed by atoms with van der Waals surface area (Å²) in [5, 5.41) is 4.03. The number of hydrogen-bond donors (Lipinski definition) is 2. The highest BCUT2D eigenvalue weighted by molar-refractivity contribution is 6.03. The molecule has 5 rings (SSSR count). The van der Waals surface area contributed by atoms with Gasteiger partial charge in [0.1, 0.15) is 17.1 Å². The fourth-order valence-electron chi connectivity index (χ4n) is 5.80. The number of aromatic amines is 1. The second-order valence-corrected chi connectivity index (χ2v) is 13.4. The summed E-state index contributed by atoms with van der Waals surface area (Å²) in [4.78, 5) is 40.4. The number of fused-ring (bicyclic) bond motifs is 1. The van der Waals surface area contributed by atoms with Gasteiger partial charge >= 0.3 is 6.03 Å². The van der Waals surface area contributed by atoms with Crippen molar-refractivity contribution in [3.63, 3.8) is 0 Å². The van der Waals surface area contributed by atoms with Crippen LogP contribution in [0, 0.1) is 5.92 Å². The lowest BCUT2D eigenvalue weighted by Gasteiger charge is -2.27. The van der Waals surface area contributed by atoms with Gasteiger partial charge in [-0.05, 0) is 113 Å². The summed E-state index contributed by atoms with van der Waals surface area (Å²) < 4.78 is 6.15. The fraction of sp³-hybridized carbons (Fsp3) is 0.350. The van der Waals surface area contributed by atoms with Crippen LogP contribution in [-0.2, 0) is 6.42 Å². The number of hydrogen-bond acceptors (Lipinski definition) is 5. The van der Waals surface area contributed by atoms with Crippen LogP contribution < -0.4 is 20.5 Å². The Kier molecular flexibility index (Phi) is 11.3. The van der Waals surface area contributed by atoms with Gasteiger partial charge in [0.25, 0.3) is 5.56 Å². The molecule has 8 nitrogen and oxygen atoms in total. The minimum Gasteiger partial charge on any atom is -0.494 e. The highest BCUT2D eigenvalue weighted by Gasteiger charge is 2.24. The smallest absolute Gasteiger partial charge is 0.326 e. The number of urea groups is 1. The molecule has 48 heavy (non-hydrogen) atoms. The summed E-state index contributed by atoms with van der Waals surface area (Å²) in [6.45, 7) is 13.8. The highest BCUT2D eigenvalue weighted by Crippen LogP contribution is 2.38. The summed E-state index contributed by atoms with van der Waals surface area (Å²) in [5.74, 6) is 1.43. The molecule has 0 aliphatic rings. The molecule has 3 heterocycles. The lowest BCUT2D eigenvalue weighted by atomic mass is 9.88. The number of H-pyrrole nitrogens is 1. The lowest BCUT2D eigenvalue weighted by molar-refractivity contribution is 0.256. The average Bonchev–Trinajstić information content (AvgIpc) is 3.07. The van der Waals surface area contributed by atoms with E-state index < -0.39 is 0 Å². The SMILES string of the molecule is CC(C)CCN(C(=O)Nc1c(C(C)C)cc(-c2cccc(OCCCc3cccnc3)c2)cc1C(C)C)c1cc2cccnc2[nH]c1=O. The molecule has 0 bridgehead atoms. The second kappa shape index (κ2) is 15.7. The maximum atomic E-state index is 14.2. The first-order valence-electron chi connectivity index (χ1n) is 17.0. The molecule has 0 spiro atoms. The van der Waals surface area contributed by atoms with Gasteiger partial charge in [-0.1, -0.05) is 59.7 Å². The normalized spacial score (nSPS) is 11.4. The molecule has 5 aromatic rings. The van der Waals surface area contributed by atoms with Crippen LogP contribution in [0.3, 0.4) is 0 Å². The molecule has 0 aliphatic carbocycles. The maximum absolute atomic E-state index is 14.2. The van der Waals surface area contributed by atoms with Gasteiger partial charge in [-0.3, -0.25) is 14.7 Å². The van der Waals surface area contributed by atoms with Crippen LogP contribution >= 0.6 is 0 Å². The third-order valence-electron chi connectivity index (χ3n) is 8.51. The van der Waals surface area contributed by atoms with E-state index in [9.17, 15) is 9.59 Å². The molecule has 0 saturated heterocycles. The van der Waals surface area contributed by atoms with Crippen LogP contribution in [0.2, 0.25) is 0 Å². The monoisotopic (exact) mass is 645 g/mol. The van der Waals surface area contributed by atoms with Crippen molar-refractivity contribution in [1.29, 1.82) is 0 Å². The zero-order chi connectivity index (χ0) is 34.2. The van der Waals surface area contributed by atoms with Crippen LogP contribution in [-0.4, -0.2) is 34.1 Å². The number of aromatic nitrogens is 3. The summed E-state index contributed by atoms with van der Waals surface area (Å²) >= 11 is 0. The van der Waals surface area contributed by atoms with Gasteiger partial charge in [0.2, 0.25) is 0 Å². The fourth-order valence-corrected chi connectivity index (χ4v) is 5.80. The van der Waals surface area contributed by atoms with E-state index in [0.29, 0.717) is 30.4 Å². The predicted octanol–water partition coefficient (Wildman–Crippen LogP) is 9.33. The van der Waals surface area contributed by atoms with Crippen molar-refractivity contribution < 1.29 is 9.53 Å². The molecular formula is C40H47N5O3. The lowest BCUT2D eigenvalue weighted by Crippen LogP contribution is -2.40. The van der Waals surface area contributed by atoms with Crippen LogP contribution in [0.1, 0.15) is 82.9 Å². The molecule has 8 heteroatoms. The van der Waals surface area contributed by atoms with E-state index in [0.717, 1.165) is 58.3 Å². The Hall–Kier alpha value is -4.98. The molecule has 0 atom stereocenters. The third kappa shape index (κ3) is 8.48. The summed E-state index contributed by atoms with van der Waals surface area (Å²) in [6.07, 6.45) is 7.88.